The van der Waals surface area contributed by atoms with Crippen LogP contribution in [0, 0.1) is 0 Å². The Morgan fingerprint density at radius 3 is 2.12 bits per heavy atom. The van der Waals surface area contributed by atoms with Gasteiger partial charge >= 0.3 is 0 Å². The van der Waals surface area contributed by atoms with Gasteiger partial charge in [-0.05, 0) is 6.92 Å². The van der Waals surface area contributed by atoms with Crippen molar-refractivity contribution in [2.24, 2.45) is 7.05 Å². The molecule has 2 rings (SSSR count). The van der Waals surface area contributed by atoms with Gasteiger partial charge in [0.25, 0.3) is 0 Å². The average Bonchev–Trinajstić information content (AvgIpc) is 2.62. The van der Waals surface area contributed by atoms with Crippen LogP contribution in [0.15, 0.2) is 0 Å². The van der Waals surface area contributed by atoms with Crippen LogP contribution in [-0.2, 0) is 7.05 Å². The van der Waals surface area contributed by atoms with Crippen LogP contribution < -0.4 is 0 Å². The summed E-state index contributed by atoms with van der Waals surface area (Å²) in [5.41, 5.74) is 0.992. The van der Waals surface area contributed by atoms with Gasteiger partial charge in [0, 0.05) is 7.05 Å². The van der Waals surface area contributed by atoms with Crippen LogP contribution >= 0.6 is 46.4 Å². The van der Waals surface area contributed by atoms with Crippen molar-refractivity contribution >= 4 is 57.4 Å². The first-order valence-corrected chi connectivity index (χ1v) is 6.23. The summed E-state index contributed by atoms with van der Waals surface area (Å²) in [5, 5.41) is 10.5. The lowest BCUT2D eigenvalue weighted by Crippen LogP contribution is -2.01. The zero-order chi connectivity index (χ0) is 12.9. The molecule has 0 radical (unpaired) electrons. The van der Waals surface area contributed by atoms with Crippen molar-refractivity contribution in [3.05, 3.63) is 25.9 Å². The normalized spacial score (nSPS) is 13.4. The molecule has 0 aliphatic heterocycles. The van der Waals surface area contributed by atoms with Crippen molar-refractivity contribution in [1.82, 2.24) is 9.55 Å². The van der Waals surface area contributed by atoms with Crippen molar-refractivity contribution in [3.8, 4) is 0 Å². The largest absolute Gasteiger partial charge is 0.385 e. The molecule has 0 spiro atoms. The molecule has 0 aliphatic carbocycles. The SMILES string of the molecule is CC(O)c1nc2c(Cl)c(Cl)c(Cl)c(Cl)c2n1C. The Balaban J connectivity index is 2.97. The third-order valence-corrected chi connectivity index (χ3v) is 4.28. The van der Waals surface area contributed by atoms with E-state index in [0.717, 1.165) is 0 Å². The van der Waals surface area contributed by atoms with Crippen molar-refractivity contribution < 1.29 is 5.11 Å². The predicted octanol–water partition coefficient (Wildman–Crippen LogP) is 4.24. The molecule has 1 N–H and O–H groups in total. The molecule has 17 heavy (non-hydrogen) atoms. The standard InChI is InChI=1S/C10H8Cl4N2O/c1-3(17)10-15-8-6(13)4(11)5(12)7(14)9(8)16(10)2/h3,17H,1-2H3. The van der Waals surface area contributed by atoms with Crippen LogP contribution in [0.25, 0.3) is 11.0 Å². The Kier molecular flexibility index (Phi) is 3.49. The summed E-state index contributed by atoms with van der Waals surface area (Å²) in [6, 6.07) is 0. The number of aliphatic hydroxyl groups excluding tert-OH is 1. The first-order chi connectivity index (χ1) is 7.86. The minimum Gasteiger partial charge on any atom is -0.385 e. The molecule has 0 fully saturated rings. The molecule has 2 aromatic rings. The van der Waals surface area contributed by atoms with Gasteiger partial charge in [-0.15, -0.1) is 0 Å². The monoisotopic (exact) mass is 312 g/mol. The fraction of sp³-hybridized carbons (Fsp3) is 0.300. The minimum atomic E-state index is -0.739. The van der Waals surface area contributed by atoms with E-state index in [0.29, 0.717) is 16.9 Å². The number of imidazole rings is 1. The van der Waals surface area contributed by atoms with Crippen LogP contribution in [0.1, 0.15) is 18.9 Å². The number of fused-ring (bicyclic) bond motifs is 1. The number of halogens is 4. The lowest BCUT2D eigenvalue weighted by Gasteiger charge is -2.06. The number of aromatic nitrogens is 2. The van der Waals surface area contributed by atoms with Gasteiger partial charge in [0.2, 0.25) is 0 Å². The van der Waals surface area contributed by atoms with E-state index in [9.17, 15) is 5.11 Å². The number of rotatable bonds is 1. The molecule has 1 aromatic heterocycles. The molecular formula is C10H8Cl4N2O. The van der Waals surface area contributed by atoms with Crippen molar-refractivity contribution in [2.45, 2.75) is 13.0 Å². The maximum absolute atomic E-state index is 9.59. The fourth-order valence-corrected chi connectivity index (χ4v) is 2.70. The van der Waals surface area contributed by atoms with E-state index >= 15 is 0 Å². The molecule has 0 amide bonds. The Labute approximate surface area is 118 Å². The van der Waals surface area contributed by atoms with Gasteiger partial charge in [-0.25, -0.2) is 4.98 Å². The highest BCUT2D eigenvalue weighted by Gasteiger charge is 2.22. The fourth-order valence-electron chi connectivity index (χ4n) is 1.69. The molecule has 7 heteroatoms. The molecule has 1 aromatic carbocycles. The zero-order valence-corrected chi connectivity index (χ0v) is 12.0. The van der Waals surface area contributed by atoms with Crippen LogP contribution in [0.5, 0.6) is 0 Å². The maximum atomic E-state index is 9.59. The summed E-state index contributed by atoms with van der Waals surface area (Å²) >= 11 is 24.1. The molecule has 0 saturated carbocycles. The van der Waals surface area contributed by atoms with E-state index in [4.69, 9.17) is 46.4 Å². The summed E-state index contributed by atoms with van der Waals surface area (Å²) in [7, 11) is 1.73. The lowest BCUT2D eigenvalue weighted by molar-refractivity contribution is 0.186. The van der Waals surface area contributed by atoms with Gasteiger partial charge in [-0.1, -0.05) is 46.4 Å². The maximum Gasteiger partial charge on any atom is 0.138 e. The van der Waals surface area contributed by atoms with E-state index in [1.807, 2.05) is 0 Å². The van der Waals surface area contributed by atoms with Gasteiger partial charge < -0.3 is 9.67 Å². The summed E-state index contributed by atoms with van der Waals surface area (Å²) < 4.78 is 1.65. The Morgan fingerprint density at radius 1 is 1.06 bits per heavy atom. The van der Waals surface area contributed by atoms with E-state index in [1.165, 1.54) is 0 Å². The third-order valence-electron chi connectivity index (χ3n) is 2.50. The third kappa shape index (κ3) is 1.90. The summed E-state index contributed by atoms with van der Waals surface area (Å²) in [6.07, 6.45) is -0.739. The quantitative estimate of drug-likeness (QED) is 0.631. The van der Waals surface area contributed by atoms with Crippen LogP contribution in [0.4, 0.5) is 0 Å². The van der Waals surface area contributed by atoms with Gasteiger partial charge in [-0.2, -0.15) is 0 Å². The first kappa shape index (κ1) is 13.2. The van der Waals surface area contributed by atoms with Gasteiger partial charge in [-0.3, -0.25) is 0 Å². The number of hydrogen-bond donors (Lipinski definition) is 1. The molecule has 1 heterocycles. The average molecular weight is 314 g/mol. The van der Waals surface area contributed by atoms with Crippen LogP contribution in [0.2, 0.25) is 20.1 Å². The number of aryl methyl sites for hydroxylation is 1. The predicted molar refractivity (Wildman–Crippen MR) is 71.4 cm³/mol. The van der Waals surface area contributed by atoms with E-state index < -0.39 is 6.10 Å². The van der Waals surface area contributed by atoms with Crippen molar-refractivity contribution in [1.29, 1.82) is 0 Å². The van der Waals surface area contributed by atoms with Gasteiger partial charge in [0.15, 0.2) is 0 Å². The number of aliphatic hydroxyl groups is 1. The minimum absolute atomic E-state index is 0.168. The van der Waals surface area contributed by atoms with Gasteiger partial charge in [0.1, 0.15) is 17.4 Å². The first-order valence-electron chi connectivity index (χ1n) is 4.72. The lowest BCUT2D eigenvalue weighted by atomic mass is 10.3. The van der Waals surface area contributed by atoms with E-state index in [1.54, 1.807) is 18.5 Å². The molecule has 1 unspecified atom stereocenters. The second kappa shape index (κ2) is 4.48. The highest BCUT2D eigenvalue weighted by Crippen LogP contribution is 2.43. The summed E-state index contributed by atoms with van der Waals surface area (Å²) in [4.78, 5) is 4.23. The van der Waals surface area contributed by atoms with E-state index in [2.05, 4.69) is 4.98 Å². The van der Waals surface area contributed by atoms with Crippen LogP contribution in [0.3, 0.4) is 0 Å². The topological polar surface area (TPSA) is 38.1 Å². The van der Waals surface area contributed by atoms with Crippen molar-refractivity contribution in [3.63, 3.8) is 0 Å². The van der Waals surface area contributed by atoms with Crippen molar-refractivity contribution in [2.75, 3.05) is 0 Å². The summed E-state index contributed by atoms with van der Waals surface area (Å²) in [6.45, 7) is 1.60. The smallest absolute Gasteiger partial charge is 0.138 e. The molecule has 92 valence electrons. The molecule has 0 saturated heterocycles. The molecule has 3 nitrogen and oxygen atoms in total. The Hall–Kier alpha value is -0.190. The van der Waals surface area contributed by atoms with Crippen LogP contribution in [-0.4, -0.2) is 14.7 Å². The molecule has 0 bridgehead atoms. The van der Waals surface area contributed by atoms with Gasteiger partial charge in [0.05, 0.1) is 25.6 Å². The number of benzene rings is 1. The second-order valence-electron chi connectivity index (χ2n) is 3.66. The Morgan fingerprint density at radius 2 is 1.59 bits per heavy atom. The highest BCUT2D eigenvalue weighted by molar-refractivity contribution is 6.55. The Bertz CT molecular complexity index is 606. The van der Waals surface area contributed by atoms with E-state index in [-0.39, 0.29) is 20.1 Å². The molecule has 0 aliphatic rings. The molecular weight excluding hydrogens is 306 g/mol. The summed E-state index contributed by atoms with van der Waals surface area (Å²) in [5.74, 6) is 0.446. The zero-order valence-electron chi connectivity index (χ0n) is 8.93. The highest BCUT2D eigenvalue weighted by atomic mass is 35.5. The second-order valence-corrected chi connectivity index (χ2v) is 5.17. The number of hydrogen-bond acceptors (Lipinski definition) is 2. The number of nitrogens with zero attached hydrogens (tertiary/aromatic N) is 2. The molecule has 1 atom stereocenters.